The lowest BCUT2D eigenvalue weighted by atomic mass is 10.0. The van der Waals surface area contributed by atoms with E-state index in [0.717, 1.165) is 0 Å². The van der Waals surface area contributed by atoms with E-state index >= 15 is 0 Å². The van der Waals surface area contributed by atoms with Crippen molar-refractivity contribution in [2.75, 3.05) is 10.6 Å². The maximum absolute atomic E-state index is 12.4. The molecule has 0 saturated heterocycles. The van der Waals surface area contributed by atoms with Crippen molar-refractivity contribution in [3.63, 3.8) is 0 Å². The van der Waals surface area contributed by atoms with Crippen molar-refractivity contribution in [2.24, 2.45) is 5.41 Å². The first-order valence-electron chi connectivity index (χ1n) is 7.21. The molecule has 1 aliphatic rings. The van der Waals surface area contributed by atoms with E-state index in [-0.39, 0.29) is 23.3 Å². The van der Waals surface area contributed by atoms with Crippen LogP contribution in [0.15, 0.2) is 48.5 Å². The molecular weight excluding hydrogens is 296 g/mol. The lowest BCUT2D eigenvalue weighted by Gasteiger charge is -2.15. The Morgan fingerprint density at radius 1 is 0.739 bits per heavy atom. The monoisotopic (exact) mass is 312 g/mol. The average Bonchev–Trinajstić information content (AvgIpc) is 3.34. The van der Waals surface area contributed by atoms with Gasteiger partial charge < -0.3 is 20.8 Å². The van der Waals surface area contributed by atoms with E-state index in [2.05, 4.69) is 10.6 Å². The third-order valence-corrected chi connectivity index (χ3v) is 3.87. The van der Waals surface area contributed by atoms with Gasteiger partial charge in [-0.15, -0.1) is 0 Å². The van der Waals surface area contributed by atoms with Crippen molar-refractivity contribution >= 4 is 23.2 Å². The molecule has 1 fully saturated rings. The fraction of sp³-hybridized carbons (Fsp3) is 0.176. The minimum atomic E-state index is -1.06. The van der Waals surface area contributed by atoms with Crippen LogP contribution in [0.3, 0.4) is 0 Å². The highest BCUT2D eigenvalue weighted by Gasteiger charge is 2.56. The predicted molar refractivity (Wildman–Crippen MR) is 85.1 cm³/mol. The quantitative estimate of drug-likeness (QED) is 0.515. The molecule has 2 aromatic carbocycles. The summed E-state index contributed by atoms with van der Waals surface area (Å²) in [6.45, 7) is 0. The van der Waals surface area contributed by atoms with Crippen LogP contribution in [0.1, 0.15) is 12.8 Å². The van der Waals surface area contributed by atoms with Gasteiger partial charge in [0.1, 0.15) is 16.9 Å². The van der Waals surface area contributed by atoms with Crippen LogP contribution in [0.4, 0.5) is 11.4 Å². The topological polar surface area (TPSA) is 98.7 Å². The minimum Gasteiger partial charge on any atom is -0.508 e. The molecular formula is C17H16N2O4. The zero-order valence-corrected chi connectivity index (χ0v) is 12.2. The number of nitrogens with one attached hydrogen (secondary N) is 2. The van der Waals surface area contributed by atoms with Crippen LogP contribution in [0.2, 0.25) is 0 Å². The summed E-state index contributed by atoms with van der Waals surface area (Å²) in [5.41, 5.74) is -0.0107. The highest BCUT2D eigenvalue weighted by molar-refractivity contribution is 6.16. The molecule has 0 atom stereocenters. The zero-order chi connectivity index (χ0) is 16.4. The highest BCUT2D eigenvalue weighted by Crippen LogP contribution is 2.47. The Morgan fingerprint density at radius 2 is 1.09 bits per heavy atom. The Morgan fingerprint density at radius 3 is 1.39 bits per heavy atom. The van der Waals surface area contributed by atoms with Crippen molar-refractivity contribution in [1.29, 1.82) is 0 Å². The van der Waals surface area contributed by atoms with Crippen molar-refractivity contribution in [3.05, 3.63) is 48.5 Å². The van der Waals surface area contributed by atoms with Crippen LogP contribution in [-0.4, -0.2) is 22.0 Å². The summed E-state index contributed by atoms with van der Waals surface area (Å²) in [5, 5.41) is 23.9. The molecule has 2 aromatic rings. The Hall–Kier alpha value is -3.02. The molecule has 1 aliphatic carbocycles. The maximum Gasteiger partial charge on any atom is 0.240 e. The van der Waals surface area contributed by atoms with E-state index in [1.54, 1.807) is 24.3 Å². The molecule has 118 valence electrons. The van der Waals surface area contributed by atoms with Crippen LogP contribution >= 0.6 is 0 Å². The van der Waals surface area contributed by atoms with Crippen molar-refractivity contribution in [1.82, 2.24) is 0 Å². The summed E-state index contributed by atoms with van der Waals surface area (Å²) < 4.78 is 0. The van der Waals surface area contributed by atoms with E-state index in [1.807, 2.05) is 0 Å². The second-order valence-electron chi connectivity index (χ2n) is 5.58. The molecule has 0 bridgehead atoms. The summed E-state index contributed by atoms with van der Waals surface area (Å²) in [5.74, 6) is -0.512. The van der Waals surface area contributed by atoms with Gasteiger partial charge in [-0.2, -0.15) is 0 Å². The number of hydrogen-bond acceptors (Lipinski definition) is 4. The molecule has 0 unspecified atom stereocenters. The first-order valence-corrected chi connectivity index (χ1v) is 7.21. The van der Waals surface area contributed by atoms with Crippen LogP contribution in [0.5, 0.6) is 11.5 Å². The van der Waals surface area contributed by atoms with E-state index in [0.29, 0.717) is 24.2 Å². The van der Waals surface area contributed by atoms with Gasteiger partial charge in [0.2, 0.25) is 11.8 Å². The third-order valence-electron chi connectivity index (χ3n) is 3.87. The Bertz CT molecular complexity index is 673. The van der Waals surface area contributed by atoms with E-state index in [1.165, 1.54) is 24.3 Å². The van der Waals surface area contributed by atoms with E-state index in [9.17, 15) is 19.8 Å². The van der Waals surface area contributed by atoms with E-state index < -0.39 is 5.41 Å². The number of rotatable bonds is 4. The van der Waals surface area contributed by atoms with Crippen LogP contribution in [0.25, 0.3) is 0 Å². The van der Waals surface area contributed by atoms with E-state index in [4.69, 9.17) is 0 Å². The lowest BCUT2D eigenvalue weighted by Crippen LogP contribution is -2.35. The molecule has 0 aromatic heterocycles. The summed E-state index contributed by atoms with van der Waals surface area (Å²) >= 11 is 0. The normalized spacial score (nSPS) is 14.8. The molecule has 6 heteroatoms. The lowest BCUT2D eigenvalue weighted by molar-refractivity contribution is -0.131. The van der Waals surface area contributed by atoms with Crippen LogP contribution in [-0.2, 0) is 9.59 Å². The number of carbonyl (C=O) groups is 2. The molecule has 6 nitrogen and oxygen atoms in total. The Balaban J connectivity index is 1.68. The number of aromatic hydroxyl groups is 2. The Labute approximate surface area is 132 Å². The van der Waals surface area contributed by atoms with Gasteiger partial charge >= 0.3 is 0 Å². The first-order chi connectivity index (χ1) is 11.0. The summed E-state index contributed by atoms with van der Waals surface area (Å²) in [7, 11) is 0. The number of phenolic OH excluding ortho intramolecular Hbond substituents is 2. The minimum absolute atomic E-state index is 0.106. The summed E-state index contributed by atoms with van der Waals surface area (Å²) in [6.07, 6.45) is 0.974. The van der Waals surface area contributed by atoms with Crippen LogP contribution in [0, 0.1) is 5.41 Å². The van der Waals surface area contributed by atoms with Gasteiger partial charge in [-0.3, -0.25) is 9.59 Å². The number of anilines is 2. The molecule has 3 rings (SSSR count). The smallest absolute Gasteiger partial charge is 0.240 e. The SMILES string of the molecule is O=C(Nc1ccc(O)cc1)C1(C(=O)Nc2ccc(O)cc2)CC1. The van der Waals surface area contributed by atoms with Gasteiger partial charge in [0.15, 0.2) is 0 Å². The Kier molecular flexibility index (Phi) is 3.65. The van der Waals surface area contributed by atoms with Gasteiger partial charge in [0.05, 0.1) is 0 Å². The zero-order valence-electron chi connectivity index (χ0n) is 12.2. The van der Waals surface area contributed by atoms with Gasteiger partial charge in [-0.25, -0.2) is 0 Å². The summed E-state index contributed by atoms with van der Waals surface area (Å²) in [4.78, 5) is 24.8. The number of hydrogen-bond donors (Lipinski definition) is 4. The fourth-order valence-electron chi connectivity index (χ4n) is 2.27. The molecule has 0 spiro atoms. The molecule has 0 aliphatic heterocycles. The molecule has 0 radical (unpaired) electrons. The second kappa shape index (κ2) is 5.64. The number of carbonyl (C=O) groups excluding carboxylic acids is 2. The third kappa shape index (κ3) is 3.11. The van der Waals surface area contributed by atoms with Crippen molar-refractivity contribution in [2.45, 2.75) is 12.8 Å². The molecule has 2 amide bonds. The number of amides is 2. The van der Waals surface area contributed by atoms with Gasteiger partial charge in [-0.05, 0) is 61.4 Å². The average molecular weight is 312 g/mol. The molecule has 4 N–H and O–H groups in total. The highest BCUT2D eigenvalue weighted by atomic mass is 16.3. The summed E-state index contributed by atoms with van der Waals surface area (Å²) in [6, 6.07) is 12.1. The standard InChI is InChI=1S/C17H16N2O4/c20-13-5-1-11(2-6-13)18-15(22)17(9-10-17)16(23)19-12-3-7-14(21)8-4-12/h1-8,20-21H,9-10H2,(H,18,22)(H,19,23). The maximum atomic E-state index is 12.4. The van der Waals surface area contributed by atoms with Crippen LogP contribution < -0.4 is 10.6 Å². The van der Waals surface area contributed by atoms with Crippen molar-refractivity contribution < 1.29 is 19.8 Å². The largest absolute Gasteiger partial charge is 0.508 e. The predicted octanol–water partition coefficient (Wildman–Crippen LogP) is 2.46. The first kappa shape index (κ1) is 14.9. The molecule has 1 saturated carbocycles. The van der Waals surface area contributed by atoms with Crippen molar-refractivity contribution in [3.8, 4) is 11.5 Å². The van der Waals surface area contributed by atoms with Gasteiger partial charge in [0.25, 0.3) is 0 Å². The van der Waals surface area contributed by atoms with Gasteiger partial charge in [-0.1, -0.05) is 0 Å². The number of phenols is 2. The van der Waals surface area contributed by atoms with Gasteiger partial charge in [0, 0.05) is 11.4 Å². The molecule has 0 heterocycles. The second-order valence-corrected chi connectivity index (χ2v) is 5.58. The fourth-order valence-corrected chi connectivity index (χ4v) is 2.27. The number of benzene rings is 2. The molecule has 23 heavy (non-hydrogen) atoms.